The maximum atomic E-state index is 11.8. The van der Waals surface area contributed by atoms with Crippen molar-refractivity contribution < 1.29 is 28.5 Å². The van der Waals surface area contributed by atoms with Gasteiger partial charge in [-0.05, 0) is 30.6 Å². The van der Waals surface area contributed by atoms with E-state index in [2.05, 4.69) is 22.5 Å². The first-order valence-corrected chi connectivity index (χ1v) is 10.8. The monoisotopic (exact) mass is 425 g/mol. The first-order chi connectivity index (χ1) is 14.7. The fourth-order valence-electron chi connectivity index (χ4n) is 3.61. The molecule has 2 aliphatic carbocycles. The van der Waals surface area contributed by atoms with Gasteiger partial charge >= 0.3 is 6.09 Å². The number of alkyl carbamates (subject to hydrolysis) is 1. The van der Waals surface area contributed by atoms with Gasteiger partial charge in [-0.25, -0.2) is 4.79 Å². The Kier molecular flexibility index (Phi) is 12.2. The molecular formula is C21H35N3O6. The van der Waals surface area contributed by atoms with Gasteiger partial charge in [0.25, 0.3) is 0 Å². The summed E-state index contributed by atoms with van der Waals surface area (Å²) < 4.78 is 21.4. The Bertz CT molecular complexity index is 559. The Morgan fingerprint density at radius 3 is 1.93 bits per heavy atom. The molecule has 0 aromatic carbocycles. The van der Waals surface area contributed by atoms with Crippen LogP contribution in [0, 0.1) is 29.6 Å². The zero-order chi connectivity index (χ0) is 21.4. The van der Waals surface area contributed by atoms with E-state index >= 15 is 0 Å². The van der Waals surface area contributed by atoms with Crippen molar-refractivity contribution in [1.29, 1.82) is 0 Å². The maximum Gasteiger partial charge on any atom is 0.407 e. The first kappa shape index (κ1) is 24.4. The van der Waals surface area contributed by atoms with Gasteiger partial charge in [0.15, 0.2) is 0 Å². The standard InChI is InChI=1S/C21H35N3O6/c22-15-20(25)23-7-9-27-11-13-29-14-12-28-10-8-24-21(26)30-16-19-17-5-3-1-2-4-6-18(17)19/h17-19H,3-16,22H2,(H,23,25)(H,24,26)/t17-,18+,19?. The van der Waals surface area contributed by atoms with Crippen LogP contribution in [0.25, 0.3) is 0 Å². The minimum absolute atomic E-state index is 0.0166. The molecule has 1 saturated carbocycles. The van der Waals surface area contributed by atoms with Crippen LogP contribution in [-0.4, -0.2) is 77.9 Å². The molecule has 0 bridgehead atoms. The molecule has 1 unspecified atom stereocenters. The molecule has 30 heavy (non-hydrogen) atoms. The molecule has 0 aliphatic heterocycles. The number of carbonyl (C=O) groups is 2. The summed E-state index contributed by atoms with van der Waals surface area (Å²) in [6.07, 6.45) is 3.80. The van der Waals surface area contributed by atoms with Crippen LogP contribution in [0.15, 0.2) is 0 Å². The van der Waals surface area contributed by atoms with E-state index in [1.807, 2.05) is 0 Å². The van der Waals surface area contributed by atoms with Gasteiger partial charge in [-0.1, -0.05) is 0 Å². The summed E-state index contributed by atoms with van der Waals surface area (Å²) in [6.45, 7) is 3.94. The smallest absolute Gasteiger partial charge is 0.407 e. The highest BCUT2D eigenvalue weighted by molar-refractivity contribution is 5.77. The van der Waals surface area contributed by atoms with Crippen molar-refractivity contribution >= 4 is 12.0 Å². The topological polar surface area (TPSA) is 121 Å². The second kappa shape index (κ2) is 15.0. The van der Waals surface area contributed by atoms with Crippen LogP contribution in [0.1, 0.15) is 25.7 Å². The van der Waals surface area contributed by atoms with Gasteiger partial charge in [0.2, 0.25) is 5.91 Å². The number of nitrogens with one attached hydrogen (secondary N) is 2. The Morgan fingerprint density at radius 1 is 0.833 bits per heavy atom. The van der Waals surface area contributed by atoms with Gasteiger partial charge in [0.05, 0.1) is 52.8 Å². The van der Waals surface area contributed by atoms with Crippen LogP contribution in [0.3, 0.4) is 0 Å². The van der Waals surface area contributed by atoms with Gasteiger partial charge in [0, 0.05) is 25.9 Å². The molecule has 0 saturated heterocycles. The quantitative estimate of drug-likeness (QED) is 0.254. The summed E-state index contributed by atoms with van der Waals surface area (Å²) in [5, 5.41) is 5.32. The molecule has 2 amide bonds. The highest BCUT2D eigenvalue weighted by Gasteiger charge is 2.49. The van der Waals surface area contributed by atoms with Gasteiger partial charge in [-0.2, -0.15) is 0 Å². The van der Waals surface area contributed by atoms with E-state index < -0.39 is 0 Å². The van der Waals surface area contributed by atoms with Crippen molar-refractivity contribution in [3.05, 3.63) is 0 Å². The molecule has 3 atom stereocenters. The third kappa shape index (κ3) is 10.3. The van der Waals surface area contributed by atoms with Crippen molar-refractivity contribution in [2.45, 2.75) is 25.7 Å². The molecule has 0 aromatic rings. The average Bonchev–Trinajstić information content (AvgIpc) is 3.38. The van der Waals surface area contributed by atoms with Crippen LogP contribution in [-0.2, 0) is 23.7 Å². The zero-order valence-corrected chi connectivity index (χ0v) is 17.7. The Hall–Kier alpha value is -1.86. The van der Waals surface area contributed by atoms with Crippen LogP contribution >= 0.6 is 0 Å². The minimum Gasteiger partial charge on any atom is -0.449 e. The molecule has 9 heteroatoms. The number of nitrogens with two attached hydrogens (primary N) is 1. The number of rotatable bonds is 15. The fourth-order valence-corrected chi connectivity index (χ4v) is 3.61. The van der Waals surface area contributed by atoms with E-state index in [1.165, 1.54) is 0 Å². The van der Waals surface area contributed by atoms with Crippen molar-refractivity contribution in [3.63, 3.8) is 0 Å². The third-order valence-corrected chi connectivity index (χ3v) is 5.26. The Labute approximate surface area is 178 Å². The molecule has 0 heterocycles. The third-order valence-electron chi connectivity index (χ3n) is 5.26. The second-order valence-corrected chi connectivity index (χ2v) is 7.34. The SMILES string of the molecule is NCC(=O)NCCOCCOCCOCCNC(=O)OCC1[C@H]2CCC#CCC[C@@H]12. The predicted octanol–water partition coefficient (Wildman–Crippen LogP) is 0.277. The van der Waals surface area contributed by atoms with Crippen molar-refractivity contribution in [2.24, 2.45) is 23.5 Å². The first-order valence-electron chi connectivity index (χ1n) is 10.8. The van der Waals surface area contributed by atoms with Crippen molar-refractivity contribution in [1.82, 2.24) is 10.6 Å². The molecular weight excluding hydrogens is 390 g/mol. The lowest BCUT2D eigenvalue weighted by atomic mass is 10.1. The van der Waals surface area contributed by atoms with E-state index in [-0.39, 0.29) is 18.5 Å². The minimum atomic E-state index is -0.384. The van der Waals surface area contributed by atoms with Crippen molar-refractivity contribution in [2.75, 3.05) is 65.9 Å². The molecule has 1 fully saturated rings. The number of fused-ring (bicyclic) bond motifs is 1. The van der Waals surface area contributed by atoms with Crippen LogP contribution in [0.2, 0.25) is 0 Å². The van der Waals surface area contributed by atoms with Gasteiger partial charge in [-0.3, -0.25) is 4.79 Å². The lowest BCUT2D eigenvalue weighted by Gasteiger charge is -2.09. The van der Waals surface area contributed by atoms with Crippen LogP contribution in [0.4, 0.5) is 4.79 Å². The molecule has 2 rings (SSSR count). The van der Waals surface area contributed by atoms with E-state index in [4.69, 9.17) is 24.7 Å². The van der Waals surface area contributed by atoms with Gasteiger partial charge < -0.3 is 35.3 Å². The number of ether oxygens (including phenoxy) is 4. The highest BCUT2D eigenvalue weighted by atomic mass is 16.6. The Morgan fingerprint density at radius 2 is 1.37 bits per heavy atom. The number of amides is 2. The summed E-state index contributed by atoms with van der Waals surface area (Å²) in [7, 11) is 0. The number of carbonyl (C=O) groups excluding carboxylic acids is 2. The molecule has 2 aliphatic rings. The highest BCUT2D eigenvalue weighted by Crippen LogP contribution is 2.52. The van der Waals surface area contributed by atoms with Gasteiger partial charge in [0.1, 0.15) is 0 Å². The Balaban J connectivity index is 1.31. The van der Waals surface area contributed by atoms with E-state index in [9.17, 15) is 9.59 Å². The summed E-state index contributed by atoms with van der Waals surface area (Å²) in [5.41, 5.74) is 5.17. The molecule has 0 spiro atoms. The molecule has 170 valence electrons. The fraction of sp³-hybridized carbons (Fsp3) is 0.810. The van der Waals surface area contributed by atoms with Gasteiger partial charge in [-0.15, -0.1) is 11.8 Å². The lowest BCUT2D eigenvalue weighted by Crippen LogP contribution is -2.32. The average molecular weight is 426 g/mol. The molecule has 0 aromatic heterocycles. The molecule has 0 radical (unpaired) electrons. The molecule has 4 N–H and O–H groups in total. The van der Waals surface area contributed by atoms with E-state index in [1.54, 1.807) is 0 Å². The lowest BCUT2D eigenvalue weighted by molar-refractivity contribution is -0.120. The summed E-state index contributed by atoms with van der Waals surface area (Å²) in [4.78, 5) is 22.7. The zero-order valence-electron chi connectivity index (χ0n) is 17.7. The van der Waals surface area contributed by atoms with E-state index in [0.29, 0.717) is 77.1 Å². The summed E-state index contributed by atoms with van der Waals surface area (Å²) >= 11 is 0. The normalized spacial score (nSPS) is 22.0. The van der Waals surface area contributed by atoms with E-state index in [0.717, 1.165) is 25.7 Å². The summed E-state index contributed by atoms with van der Waals surface area (Å²) in [5.74, 6) is 8.03. The summed E-state index contributed by atoms with van der Waals surface area (Å²) in [6, 6.07) is 0. The largest absolute Gasteiger partial charge is 0.449 e. The van der Waals surface area contributed by atoms with Crippen LogP contribution < -0.4 is 16.4 Å². The number of hydrogen-bond acceptors (Lipinski definition) is 7. The predicted molar refractivity (Wildman–Crippen MR) is 111 cm³/mol. The molecule has 9 nitrogen and oxygen atoms in total. The number of hydrogen-bond donors (Lipinski definition) is 3. The van der Waals surface area contributed by atoms with Crippen LogP contribution in [0.5, 0.6) is 0 Å². The van der Waals surface area contributed by atoms with Crippen molar-refractivity contribution in [3.8, 4) is 11.8 Å². The second-order valence-electron chi connectivity index (χ2n) is 7.34. The maximum absolute atomic E-state index is 11.8.